The average Bonchev–Trinajstić information content (AvgIpc) is 2.95. The lowest BCUT2D eigenvalue weighted by Gasteiger charge is -2.16. The van der Waals surface area contributed by atoms with E-state index in [0.29, 0.717) is 12.4 Å². The number of hydrogen-bond donors (Lipinski definition) is 2. The molecule has 1 unspecified atom stereocenters. The summed E-state index contributed by atoms with van der Waals surface area (Å²) < 4.78 is 0. The second-order valence-corrected chi connectivity index (χ2v) is 5.73. The molecule has 20 heavy (non-hydrogen) atoms. The number of aromatic nitrogens is 2. The van der Waals surface area contributed by atoms with E-state index in [1.165, 1.54) is 11.9 Å². The van der Waals surface area contributed by atoms with Crippen molar-refractivity contribution in [1.82, 2.24) is 14.9 Å². The third kappa shape index (κ3) is 2.23. The molecule has 0 aromatic carbocycles. The molecule has 1 aliphatic heterocycles. The molecule has 5 nitrogen and oxygen atoms in total. The molecule has 106 valence electrons. The molecule has 1 saturated heterocycles. The minimum atomic E-state index is -0.315. The van der Waals surface area contributed by atoms with Crippen molar-refractivity contribution in [3.8, 4) is 0 Å². The molecule has 2 heterocycles. The van der Waals surface area contributed by atoms with E-state index in [-0.39, 0.29) is 12.0 Å². The van der Waals surface area contributed by atoms with E-state index in [0.717, 1.165) is 36.3 Å². The summed E-state index contributed by atoms with van der Waals surface area (Å²) in [5.41, 5.74) is 10.1. The van der Waals surface area contributed by atoms with Crippen LogP contribution in [0.4, 0.5) is 5.82 Å². The second-order valence-electron chi connectivity index (χ2n) is 5.73. The molecule has 0 amide bonds. The highest BCUT2D eigenvalue weighted by atomic mass is 16.3. The van der Waals surface area contributed by atoms with Crippen LogP contribution in [0.5, 0.6) is 0 Å². The summed E-state index contributed by atoms with van der Waals surface area (Å²) in [6.07, 6.45) is 4.17. The van der Waals surface area contributed by atoms with Crippen LogP contribution < -0.4 is 5.73 Å². The number of β-amino-alcohol motifs (C(OH)–C–C–N with tert-alkyl or cyclic N) is 1. The number of nitrogen functional groups attached to an aromatic ring is 1. The van der Waals surface area contributed by atoms with Gasteiger partial charge in [-0.3, -0.25) is 4.90 Å². The second kappa shape index (κ2) is 5.00. The Morgan fingerprint density at radius 2 is 2.30 bits per heavy atom. The van der Waals surface area contributed by atoms with Crippen LogP contribution in [-0.4, -0.2) is 45.7 Å². The van der Waals surface area contributed by atoms with Gasteiger partial charge in [-0.25, -0.2) is 9.97 Å². The van der Waals surface area contributed by atoms with Gasteiger partial charge in [0.15, 0.2) is 0 Å². The van der Waals surface area contributed by atoms with Gasteiger partial charge in [-0.15, -0.1) is 0 Å². The van der Waals surface area contributed by atoms with Gasteiger partial charge < -0.3 is 10.8 Å². The lowest BCUT2D eigenvalue weighted by molar-refractivity contribution is 0.155. The fraction of sp³-hybridized carbons (Fsp3) is 0.467. The van der Waals surface area contributed by atoms with Crippen LogP contribution in [0.15, 0.2) is 24.6 Å². The van der Waals surface area contributed by atoms with E-state index in [1.54, 1.807) is 0 Å². The van der Waals surface area contributed by atoms with Crippen LogP contribution in [0.2, 0.25) is 0 Å². The Balaban J connectivity index is 1.73. The van der Waals surface area contributed by atoms with E-state index in [2.05, 4.69) is 27.5 Å². The topological polar surface area (TPSA) is 75.3 Å². The fourth-order valence-electron chi connectivity index (χ4n) is 3.09. The minimum Gasteiger partial charge on any atom is -0.391 e. The summed E-state index contributed by atoms with van der Waals surface area (Å²) in [6.45, 7) is 8.28. The Labute approximate surface area is 118 Å². The van der Waals surface area contributed by atoms with Crippen molar-refractivity contribution >= 4 is 11.4 Å². The molecule has 0 saturated carbocycles. The lowest BCUT2D eigenvalue weighted by Crippen LogP contribution is -2.24. The number of allylic oxidation sites excluding steroid dienone is 1. The van der Waals surface area contributed by atoms with Crippen LogP contribution in [0, 0.1) is 5.92 Å². The van der Waals surface area contributed by atoms with Gasteiger partial charge in [0.05, 0.1) is 11.8 Å². The standard InChI is InChI=1S/C15H20N4O/c1-9(2)12-6-19(7-13(12)20)5-10-3-4-11-14(10)17-8-18-15(11)16/h3,8,12-13,20H,1,4-7H2,2H3,(H2,16,17,18)/t12?,13-/m0/s1. The molecular formula is C15H20N4O. The molecule has 1 aromatic rings. The highest BCUT2D eigenvalue weighted by Crippen LogP contribution is 2.31. The van der Waals surface area contributed by atoms with Crippen molar-refractivity contribution in [3.63, 3.8) is 0 Å². The predicted octanol–water partition coefficient (Wildman–Crippen LogP) is 0.867. The van der Waals surface area contributed by atoms with Gasteiger partial charge in [0.1, 0.15) is 12.1 Å². The molecule has 3 rings (SSSR count). The Kier molecular flexibility index (Phi) is 3.31. The molecule has 2 aliphatic rings. The maximum atomic E-state index is 10.1. The Bertz CT molecular complexity index is 581. The zero-order valence-corrected chi connectivity index (χ0v) is 11.7. The van der Waals surface area contributed by atoms with Gasteiger partial charge in [-0.2, -0.15) is 0 Å². The van der Waals surface area contributed by atoms with Crippen molar-refractivity contribution in [1.29, 1.82) is 0 Å². The monoisotopic (exact) mass is 272 g/mol. The lowest BCUT2D eigenvalue weighted by atomic mass is 9.99. The van der Waals surface area contributed by atoms with Crippen molar-refractivity contribution < 1.29 is 5.11 Å². The quantitative estimate of drug-likeness (QED) is 0.799. The number of likely N-dealkylation sites (tertiary alicyclic amines) is 1. The van der Waals surface area contributed by atoms with Crippen LogP contribution >= 0.6 is 0 Å². The minimum absolute atomic E-state index is 0.173. The van der Waals surface area contributed by atoms with Gasteiger partial charge in [0.25, 0.3) is 0 Å². The molecule has 3 N–H and O–H groups in total. The Hall–Kier alpha value is -1.72. The smallest absolute Gasteiger partial charge is 0.130 e. The molecule has 1 aromatic heterocycles. The first-order valence-electron chi connectivity index (χ1n) is 6.91. The van der Waals surface area contributed by atoms with Crippen LogP contribution in [0.25, 0.3) is 5.57 Å². The van der Waals surface area contributed by atoms with Gasteiger partial charge in [-0.1, -0.05) is 18.2 Å². The van der Waals surface area contributed by atoms with E-state index < -0.39 is 0 Å². The van der Waals surface area contributed by atoms with Crippen LogP contribution in [0.3, 0.4) is 0 Å². The van der Waals surface area contributed by atoms with E-state index in [9.17, 15) is 5.11 Å². The van der Waals surface area contributed by atoms with Crippen molar-refractivity contribution in [2.45, 2.75) is 19.4 Å². The summed E-state index contributed by atoms with van der Waals surface area (Å²) in [7, 11) is 0. The van der Waals surface area contributed by atoms with Gasteiger partial charge in [0, 0.05) is 31.1 Å². The molecule has 2 atom stereocenters. The summed E-state index contributed by atoms with van der Waals surface area (Å²) in [5, 5.41) is 10.1. The number of aliphatic hydroxyl groups excluding tert-OH is 1. The van der Waals surface area contributed by atoms with Crippen molar-refractivity contribution in [2.24, 2.45) is 5.92 Å². The number of nitrogens with two attached hydrogens (primary N) is 1. The highest BCUT2D eigenvalue weighted by molar-refractivity contribution is 5.74. The van der Waals surface area contributed by atoms with E-state index in [1.807, 2.05) is 6.92 Å². The molecule has 0 spiro atoms. The maximum absolute atomic E-state index is 10.1. The first kappa shape index (κ1) is 13.3. The van der Waals surface area contributed by atoms with Gasteiger partial charge in [0.2, 0.25) is 0 Å². The largest absolute Gasteiger partial charge is 0.391 e. The van der Waals surface area contributed by atoms with E-state index >= 15 is 0 Å². The first-order chi connectivity index (χ1) is 9.56. The number of hydrogen-bond acceptors (Lipinski definition) is 5. The third-order valence-electron chi connectivity index (χ3n) is 4.23. The molecule has 1 fully saturated rings. The summed E-state index contributed by atoms with van der Waals surface area (Å²) >= 11 is 0. The molecule has 1 aliphatic carbocycles. The van der Waals surface area contributed by atoms with Gasteiger partial charge in [-0.05, 0) is 18.9 Å². The SMILES string of the molecule is C=C(C)C1CN(CC2=CCc3c(N)ncnc32)C[C@@H]1O. The normalized spacial score (nSPS) is 25.6. The Morgan fingerprint density at radius 3 is 3.00 bits per heavy atom. The summed E-state index contributed by atoms with van der Waals surface area (Å²) in [6, 6.07) is 0. The fourth-order valence-corrected chi connectivity index (χ4v) is 3.09. The average molecular weight is 272 g/mol. The van der Waals surface area contributed by atoms with Crippen LogP contribution in [0.1, 0.15) is 18.2 Å². The van der Waals surface area contributed by atoms with Crippen LogP contribution in [-0.2, 0) is 6.42 Å². The molecular weight excluding hydrogens is 252 g/mol. The first-order valence-corrected chi connectivity index (χ1v) is 6.91. The number of fused-ring (bicyclic) bond motifs is 1. The summed E-state index contributed by atoms with van der Waals surface area (Å²) in [5.74, 6) is 0.745. The Morgan fingerprint density at radius 1 is 1.50 bits per heavy atom. The number of nitrogens with zero attached hydrogens (tertiary/aromatic N) is 3. The summed E-state index contributed by atoms with van der Waals surface area (Å²) in [4.78, 5) is 10.6. The molecule has 0 bridgehead atoms. The third-order valence-corrected chi connectivity index (χ3v) is 4.23. The predicted molar refractivity (Wildman–Crippen MR) is 78.9 cm³/mol. The number of anilines is 1. The van der Waals surface area contributed by atoms with Crippen molar-refractivity contribution in [2.75, 3.05) is 25.4 Å². The zero-order valence-electron chi connectivity index (χ0n) is 11.7. The zero-order chi connectivity index (χ0) is 14.3. The molecule has 5 heteroatoms. The number of aliphatic hydroxyl groups is 1. The van der Waals surface area contributed by atoms with Gasteiger partial charge >= 0.3 is 0 Å². The highest BCUT2D eigenvalue weighted by Gasteiger charge is 2.32. The maximum Gasteiger partial charge on any atom is 0.130 e. The number of rotatable bonds is 3. The van der Waals surface area contributed by atoms with Crippen molar-refractivity contribution in [3.05, 3.63) is 35.8 Å². The van der Waals surface area contributed by atoms with E-state index in [4.69, 9.17) is 5.73 Å². The molecule has 0 radical (unpaired) electrons.